The van der Waals surface area contributed by atoms with Crippen molar-refractivity contribution in [3.05, 3.63) is 34.3 Å². The highest BCUT2D eigenvalue weighted by Gasteiger charge is 2.05. The molecule has 2 aromatic rings. The molecule has 0 radical (unpaired) electrons. The van der Waals surface area contributed by atoms with Gasteiger partial charge < -0.3 is 10.6 Å². The van der Waals surface area contributed by atoms with E-state index in [1.807, 2.05) is 43.0 Å². The van der Waals surface area contributed by atoms with Crippen molar-refractivity contribution in [2.75, 3.05) is 11.1 Å². The number of benzene rings is 1. The van der Waals surface area contributed by atoms with Crippen LogP contribution >= 0.6 is 23.1 Å². The van der Waals surface area contributed by atoms with Crippen LogP contribution in [-0.2, 0) is 13.0 Å². The molecule has 1 heterocycles. The molecular weight excluding hydrogens is 316 g/mol. The van der Waals surface area contributed by atoms with E-state index >= 15 is 0 Å². The summed E-state index contributed by atoms with van der Waals surface area (Å²) in [6.45, 7) is 4.59. The number of hydrogen-bond acceptors (Lipinski definition) is 5. The topological polar surface area (TPSA) is 66.9 Å². The van der Waals surface area contributed by atoms with E-state index in [2.05, 4.69) is 27.8 Å². The Morgan fingerprint density at radius 2 is 1.91 bits per heavy atom. The molecule has 1 aromatic carbocycles. The van der Waals surface area contributed by atoms with Crippen LogP contribution in [0.15, 0.2) is 29.2 Å². The Kier molecular flexibility index (Phi) is 6.67. The van der Waals surface area contributed by atoms with Gasteiger partial charge in [0, 0.05) is 10.6 Å². The predicted molar refractivity (Wildman–Crippen MR) is 92.6 cm³/mol. The molecule has 0 unspecified atom stereocenters. The van der Waals surface area contributed by atoms with E-state index in [1.165, 1.54) is 16.2 Å². The van der Waals surface area contributed by atoms with Crippen molar-refractivity contribution in [1.29, 1.82) is 0 Å². The predicted octanol–water partition coefficient (Wildman–Crippen LogP) is 3.92. The summed E-state index contributed by atoms with van der Waals surface area (Å²) in [5.74, 6) is 1.11. The van der Waals surface area contributed by atoms with Crippen LogP contribution in [0.3, 0.4) is 0 Å². The van der Waals surface area contributed by atoms with E-state index in [1.54, 1.807) is 0 Å². The SMILES string of the molecule is CCCSc1ccc(NC(=O)NCc2nnc(CC)s2)cc1. The van der Waals surface area contributed by atoms with Crippen LogP contribution in [-0.4, -0.2) is 22.0 Å². The number of hydrogen-bond donors (Lipinski definition) is 2. The van der Waals surface area contributed by atoms with Gasteiger partial charge in [-0.25, -0.2) is 4.79 Å². The number of amides is 2. The van der Waals surface area contributed by atoms with E-state index in [4.69, 9.17) is 0 Å². The lowest BCUT2D eigenvalue weighted by molar-refractivity contribution is 0.251. The number of anilines is 1. The molecule has 0 spiro atoms. The number of urea groups is 1. The number of aryl methyl sites for hydroxylation is 1. The summed E-state index contributed by atoms with van der Waals surface area (Å²) >= 11 is 3.34. The van der Waals surface area contributed by atoms with E-state index in [9.17, 15) is 4.79 Å². The number of nitrogens with one attached hydrogen (secondary N) is 2. The van der Waals surface area contributed by atoms with Gasteiger partial charge in [-0.1, -0.05) is 25.2 Å². The summed E-state index contributed by atoms with van der Waals surface area (Å²) in [5.41, 5.74) is 0.782. The number of thioether (sulfide) groups is 1. The third-order valence-electron chi connectivity index (χ3n) is 2.80. The maximum atomic E-state index is 11.8. The first-order valence-corrected chi connectivity index (χ1v) is 9.10. The Labute approximate surface area is 138 Å². The van der Waals surface area contributed by atoms with Crippen LogP contribution in [0.5, 0.6) is 0 Å². The van der Waals surface area contributed by atoms with Crippen molar-refractivity contribution in [3.8, 4) is 0 Å². The first-order valence-electron chi connectivity index (χ1n) is 7.30. The zero-order chi connectivity index (χ0) is 15.8. The van der Waals surface area contributed by atoms with Crippen LogP contribution in [0, 0.1) is 0 Å². The van der Waals surface area contributed by atoms with Gasteiger partial charge in [0.1, 0.15) is 10.0 Å². The van der Waals surface area contributed by atoms with Crippen molar-refractivity contribution in [3.63, 3.8) is 0 Å². The van der Waals surface area contributed by atoms with Gasteiger partial charge in [-0.2, -0.15) is 0 Å². The fourth-order valence-electron chi connectivity index (χ4n) is 1.69. The van der Waals surface area contributed by atoms with Gasteiger partial charge in [0.25, 0.3) is 0 Å². The average molecular weight is 336 g/mol. The molecule has 7 heteroatoms. The lowest BCUT2D eigenvalue weighted by Crippen LogP contribution is -2.28. The number of aromatic nitrogens is 2. The van der Waals surface area contributed by atoms with Crippen LogP contribution in [0.25, 0.3) is 0 Å². The Bertz CT molecular complexity index is 598. The minimum atomic E-state index is -0.234. The molecule has 2 N–H and O–H groups in total. The zero-order valence-corrected chi connectivity index (χ0v) is 14.4. The molecule has 1 aromatic heterocycles. The lowest BCUT2D eigenvalue weighted by atomic mass is 10.3. The molecule has 0 saturated carbocycles. The highest BCUT2D eigenvalue weighted by molar-refractivity contribution is 7.99. The number of rotatable bonds is 7. The standard InChI is InChI=1S/C15H20N4OS2/c1-3-9-21-12-7-5-11(6-8-12)17-15(20)16-10-14-19-18-13(4-2)22-14/h5-8H,3-4,9-10H2,1-2H3,(H2,16,17,20). The van der Waals surface area contributed by atoms with Gasteiger partial charge in [0.2, 0.25) is 0 Å². The molecule has 2 amide bonds. The minimum absolute atomic E-state index is 0.234. The van der Waals surface area contributed by atoms with Crippen molar-refractivity contribution in [2.45, 2.75) is 38.1 Å². The Hall–Kier alpha value is -1.60. The van der Waals surface area contributed by atoms with Crippen LogP contribution < -0.4 is 10.6 Å². The second-order valence-electron chi connectivity index (χ2n) is 4.62. The van der Waals surface area contributed by atoms with E-state index in [0.717, 1.165) is 34.3 Å². The number of carbonyl (C=O) groups is 1. The molecule has 0 aliphatic rings. The molecule has 5 nitrogen and oxygen atoms in total. The zero-order valence-electron chi connectivity index (χ0n) is 12.8. The smallest absolute Gasteiger partial charge is 0.319 e. The molecule has 0 saturated heterocycles. The molecular formula is C15H20N4OS2. The van der Waals surface area contributed by atoms with E-state index in [-0.39, 0.29) is 6.03 Å². The minimum Gasteiger partial charge on any atom is -0.331 e. The molecule has 118 valence electrons. The highest BCUT2D eigenvalue weighted by Crippen LogP contribution is 2.20. The van der Waals surface area contributed by atoms with Crippen LogP contribution in [0.4, 0.5) is 10.5 Å². The van der Waals surface area contributed by atoms with E-state index < -0.39 is 0 Å². The third kappa shape index (κ3) is 5.31. The summed E-state index contributed by atoms with van der Waals surface area (Å²) in [5, 5.41) is 15.5. The van der Waals surface area contributed by atoms with Gasteiger partial charge in [0.15, 0.2) is 0 Å². The average Bonchev–Trinajstić information content (AvgIpc) is 3.00. The Balaban J connectivity index is 1.78. The maximum absolute atomic E-state index is 11.8. The Morgan fingerprint density at radius 1 is 1.18 bits per heavy atom. The van der Waals surface area contributed by atoms with Crippen molar-refractivity contribution < 1.29 is 4.79 Å². The second kappa shape index (κ2) is 8.75. The van der Waals surface area contributed by atoms with Crippen molar-refractivity contribution >= 4 is 34.8 Å². The number of carbonyl (C=O) groups excluding carboxylic acids is 1. The van der Waals surface area contributed by atoms with Gasteiger partial charge in [0.05, 0.1) is 6.54 Å². The fraction of sp³-hybridized carbons (Fsp3) is 0.400. The Morgan fingerprint density at radius 3 is 2.55 bits per heavy atom. The first-order chi connectivity index (χ1) is 10.7. The first kappa shape index (κ1) is 16.8. The van der Waals surface area contributed by atoms with Gasteiger partial charge >= 0.3 is 6.03 Å². The van der Waals surface area contributed by atoms with Gasteiger partial charge in [-0.05, 0) is 42.9 Å². The molecule has 22 heavy (non-hydrogen) atoms. The third-order valence-corrected chi connectivity index (χ3v) is 5.08. The maximum Gasteiger partial charge on any atom is 0.319 e. The number of nitrogens with zero attached hydrogens (tertiary/aromatic N) is 2. The molecule has 0 bridgehead atoms. The summed E-state index contributed by atoms with van der Waals surface area (Å²) in [7, 11) is 0. The highest BCUT2D eigenvalue weighted by atomic mass is 32.2. The monoisotopic (exact) mass is 336 g/mol. The molecule has 0 atom stereocenters. The molecule has 0 fully saturated rings. The molecule has 0 aliphatic carbocycles. The van der Waals surface area contributed by atoms with E-state index in [0.29, 0.717) is 6.54 Å². The normalized spacial score (nSPS) is 10.5. The summed E-state index contributed by atoms with van der Waals surface area (Å²) in [6, 6.07) is 7.64. The van der Waals surface area contributed by atoms with Gasteiger partial charge in [-0.3, -0.25) is 0 Å². The van der Waals surface area contributed by atoms with Crippen LogP contribution in [0.1, 0.15) is 30.3 Å². The summed E-state index contributed by atoms with van der Waals surface area (Å²) < 4.78 is 0. The van der Waals surface area contributed by atoms with Crippen LogP contribution in [0.2, 0.25) is 0 Å². The van der Waals surface area contributed by atoms with Gasteiger partial charge in [-0.15, -0.1) is 22.0 Å². The summed E-state index contributed by atoms with van der Waals surface area (Å²) in [4.78, 5) is 13.1. The molecule has 0 aliphatic heterocycles. The second-order valence-corrected chi connectivity index (χ2v) is 6.94. The quantitative estimate of drug-likeness (QED) is 0.752. The summed E-state index contributed by atoms with van der Waals surface area (Å²) in [6.07, 6.45) is 2.02. The fourth-order valence-corrected chi connectivity index (χ4v) is 3.18. The van der Waals surface area contributed by atoms with Crippen molar-refractivity contribution in [1.82, 2.24) is 15.5 Å². The largest absolute Gasteiger partial charge is 0.331 e. The van der Waals surface area contributed by atoms with Crippen molar-refractivity contribution in [2.24, 2.45) is 0 Å². The molecule has 2 rings (SSSR count). The lowest BCUT2D eigenvalue weighted by Gasteiger charge is -2.07.